The van der Waals surface area contributed by atoms with Crippen molar-refractivity contribution in [3.63, 3.8) is 0 Å². The highest BCUT2D eigenvalue weighted by atomic mass is 32.2. The molecular formula is C97H90FO5S6+5. The zero-order chi connectivity index (χ0) is 73.0. The summed E-state index contributed by atoms with van der Waals surface area (Å²) in [6, 6.07) is 132. The molecule has 1 saturated heterocycles. The second-order valence-electron chi connectivity index (χ2n) is 24.4. The molecule has 16 aromatic rings. The van der Waals surface area contributed by atoms with Gasteiger partial charge in [-0.2, -0.15) is 12.6 Å². The van der Waals surface area contributed by atoms with Gasteiger partial charge in [0.1, 0.15) is 91.2 Å². The fourth-order valence-corrected chi connectivity index (χ4v) is 23.2. The minimum atomic E-state index is -0.313. The molecule has 109 heavy (non-hydrogen) atoms. The maximum absolute atomic E-state index is 9.50. The van der Waals surface area contributed by atoms with E-state index in [1.54, 1.807) is 12.5 Å². The maximum atomic E-state index is 9.50. The van der Waals surface area contributed by atoms with E-state index in [1.807, 2.05) is 85.7 Å². The number of benzene rings is 12. The first-order chi connectivity index (χ1) is 53.0. The summed E-state index contributed by atoms with van der Waals surface area (Å²) in [7, 11) is 0.198. The summed E-state index contributed by atoms with van der Waals surface area (Å²) >= 11 is 4.94. The molecule has 5 heterocycles. The van der Waals surface area contributed by atoms with Crippen molar-refractivity contribution >= 4 is 67.1 Å². The zero-order valence-corrected chi connectivity index (χ0v) is 64.1. The topological polar surface area (TPSA) is 61.8 Å². The number of hydrogen-bond acceptors (Lipinski definition) is 6. The number of alkyl halides is 1. The molecule has 0 spiro atoms. The smallest absolute Gasteiger partial charge is 0.204 e. The molecule has 546 valence electrons. The van der Waals surface area contributed by atoms with Gasteiger partial charge >= 0.3 is 0 Å². The molecule has 0 radical (unpaired) electrons. The summed E-state index contributed by atoms with van der Waals surface area (Å²) in [4.78, 5) is 16.5. The van der Waals surface area contributed by atoms with Gasteiger partial charge in [0.25, 0.3) is 0 Å². The van der Waals surface area contributed by atoms with E-state index in [4.69, 9.17) is 35.0 Å². The van der Waals surface area contributed by atoms with E-state index in [2.05, 4.69) is 315 Å². The lowest BCUT2D eigenvalue weighted by atomic mass is 9.87. The van der Waals surface area contributed by atoms with Crippen LogP contribution in [0, 0.1) is 0 Å². The van der Waals surface area contributed by atoms with E-state index >= 15 is 0 Å². The molecule has 1 fully saturated rings. The molecule has 12 heteroatoms. The third-order valence-corrected chi connectivity index (χ3v) is 29.2. The highest BCUT2D eigenvalue weighted by Crippen LogP contribution is 2.41. The molecule has 0 unspecified atom stereocenters. The van der Waals surface area contributed by atoms with Crippen molar-refractivity contribution in [3.05, 3.63) is 442 Å². The Hall–Kier alpha value is -10.4. The Labute approximate surface area is 663 Å². The lowest BCUT2D eigenvalue weighted by molar-refractivity contribution is 0.468. The maximum Gasteiger partial charge on any atom is 0.204 e. The van der Waals surface area contributed by atoms with Crippen molar-refractivity contribution in [2.24, 2.45) is 0 Å². The number of furan rings is 4. The molecule has 17 rings (SSSR count). The van der Waals surface area contributed by atoms with Crippen LogP contribution in [0.2, 0.25) is 0 Å². The zero-order valence-electron chi connectivity index (χ0n) is 59.2. The first-order valence-electron chi connectivity index (χ1n) is 35.3. The van der Waals surface area contributed by atoms with E-state index < -0.39 is 0 Å². The van der Waals surface area contributed by atoms with Gasteiger partial charge in [0.2, 0.25) is 14.7 Å². The first-order valence-corrected chi connectivity index (χ1v) is 42.3. The van der Waals surface area contributed by atoms with Gasteiger partial charge in [-0.15, -0.1) is 0 Å². The Bertz CT molecular complexity index is 4670. The minimum absolute atomic E-state index is 0. The number of rotatable bonds is 20. The van der Waals surface area contributed by atoms with Crippen molar-refractivity contribution < 1.29 is 26.8 Å². The molecule has 0 N–H and O–H groups in total. The molecule has 0 saturated carbocycles. The van der Waals surface area contributed by atoms with Crippen molar-refractivity contribution in [1.82, 2.24) is 0 Å². The lowest BCUT2D eigenvalue weighted by Gasteiger charge is -2.16. The molecule has 12 aromatic carbocycles. The lowest BCUT2D eigenvalue weighted by Crippen LogP contribution is -2.04. The summed E-state index contributed by atoms with van der Waals surface area (Å²) in [5.74, 6) is 6.28. The SMILES string of the molecule is C.C.CF.SC(c1cc([S+](c2ccccc2)c2ccccc2)co1)c1cc([S+](c2ccccc2)c2ccccc2)co1.c1ccc(C(c2ccccc2)c2ccoc2)cc1.c1ccc([S+](c2ccccc2)c2ccc(Oc3ccc([S+]4CCCC4)cc3)cc2)cc1.c1ccc([S+](c2ccccc2)c2ccoc2)cc1. The molecule has 1 aliphatic heterocycles. The fraction of sp³-hybridized carbons (Fsp3) is 0.0928. The van der Waals surface area contributed by atoms with Crippen LogP contribution in [-0.4, -0.2) is 18.7 Å². The van der Waals surface area contributed by atoms with E-state index in [0.29, 0.717) is 18.1 Å². The van der Waals surface area contributed by atoms with Gasteiger partial charge < -0.3 is 22.4 Å². The van der Waals surface area contributed by atoms with Crippen LogP contribution in [0.1, 0.15) is 67.1 Å². The molecule has 4 aromatic heterocycles. The van der Waals surface area contributed by atoms with E-state index in [1.165, 1.54) is 94.9 Å². The van der Waals surface area contributed by atoms with Crippen LogP contribution in [0.5, 0.6) is 11.5 Å². The van der Waals surface area contributed by atoms with Gasteiger partial charge in [-0.3, -0.25) is 4.39 Å². The Kier molecular flexibility index (Phi) is 30.5. The Morgan fingerprint density at radius 3 is 0.899 bits per heavy atom. The number of ether oxygens (including phenoxy) is 1. The molecule has 0 atom stereocenters. The van der Waals surface area contributed by atoms with Gasteiger partial charge in [-0.1, -0.05) is 221 Å². The molecular weight excluding hydrogens is 1460 g/mol. The monoisotopic (exact) mass is 1550 g/mol. The van der Waals surface area contributed by atoms with Crippen LogP contribution >= 0.6 is 12.6 Å². The average molecular weight is 1550 g/mol. The van der Waals surface area contributed by atoms with Crippen LogP contribution < -0.4 is 4.74 Å². The number of thiol groups is 1. The van der Waals surface area contributed by atoms with Crippen molar-refractivity contribution in [2.45, 2.75) is 103 Å². The Morgan fingerprint density at radius 1 is 0.303 bits per heavy atom. The van der Waals surface area contributed by atoms with E-state index in [-0.39, 0.29) is 69.6 Å². The second-order valence-corrected chi connectivity index (χ2v) is 35.3. The second kappa shape index (κ2) is 41.8. The summed E-state index contributed by atoms with van der Waals surface area (Å²) in [5.41, 5.74) is 3.75. The average Bonchev–Trinajstić information content (AvgIpc) is 1.73. The van der Waals surface area contributed by atoms with E-state index in [9.17, 15) is 4.39 Å². The van der Waals surface area contributed by atoms with Crippen molar-refractivity contribution in [1.29, 1.82) is 0 Å². The van der Waals surface area contributed by atoms with Crippen LogP contribution in [-0.2, 0) is 54.5 Å². The predicted molar refractivity (Wildman–Crippen MR) is 458 cm³/mol. The molecule has 5 nitrogen and oxygen atoms in total. The van der Waals surface area contributed by atoms with Crippen LogP contribution in [0.4, 0.5) is 4.39 Å². The van der Waals surface area contributed by atoms with E-state index in [0.717, 1.165) is 32.8 Å². The summed E-state index contributed by atoms with van der Waals surface area (Å²) in [5, 5.41) is -0.313. The quantitative estimate of drug-likeness (QED) is 0.0609. The van der Waals surface area contributed by atoms with Gasteiger partial charge in [0.05, 0.1) is 36.9 Å². The van der Waals surface area contributed by atoms with Crippen LogP contribution in [0.15, 0.2) is 495 Å². The minimum Gasteiger partial charge on any atom is -0.472 e. The van der Waals surface area contributed by atoms with Gasteiger partial charge in [0, 0.05) is 40.6 Å². The van der Waals surface area contributed by atoms with Gasteiger partial charge in [0.15, 0.2) is 49.0 Å². The van der Waals surface area contributed by atoms with Crippen LogP contribution in [0.25, 0.3) is 0 Å². The number of halogens is 1. The summed E-state index contributed by atoms with van der Waals surface area (Å²) < 4.78 is 38.4. The summed E-state index contributed by atoms with van der Waals surface area (Å²) in [6.07, 6.45) is 13.6. The van der Waals surface area contributed by atoms with Crippen LogP contribution in [0.3, 0.4) is 0 Å². The third kappa shape index (κ3) is 21.3. The normalized spacial score (nSPS) is 11.6. The predicted octanol–water partition coefficient (Wildman–Crippen LogP) is 27.1. The van der Waals surface area contributed by atoms with Gasteiger partial charge in [-0.25, -0.2) is 0 Å². The highest BCUT2D eigenvalue weighted by Gasteiger charge is 2.36. The molecule has 0 amide bonds. The molecule has 0 aliphatic carbocycles. The highest BCUT2D eigenvalue weighted by molar-refractivity contribution is 7.98. The largest absolute Gasteiger partial charge is 0.472 e. The standard InChI is InChI=1S/C33H25O2S3.C28H26OS2.C17H14O.C16H13OS.CH3F.2CH4/c36-33(31-21-29(23-34-31)37(25-13-5-1-6-14-25)26-15-7-2-8-16-26)32-22-30(24-35-32)38(27-17-9-3-10-18-27)28-19-11-4-12-20-28;1-3-9-26(10-4-1)31(27-11-5-2-6-12-27)28-19-15-24(16-20-28)29-23-13-17-25(18-14-23)30-21-7-8-22-30;1-3-7-14(8-4-1)17(16-11-12-18-13-16)15-9-5-2-6-10-15;1-3-7-14(8-4-1)18(16-11-12-17-13-16)15-9-5-2-6-10-15;1-2;;/h1-24,33H;1-6,9-20H,7-8,21-22H2;1-13,17H;1-13H;1H3;2*1H4/q+1;+2;;+1;;;/p+1. The first kappa shape index (κ1) is 79.6. The Morgan fingerprint density at radius 2 is 0.587 bits per heavy atom. The number of hydrogen-bond donors (Lipinski definition) is 1. The third-order valence-electron chi connectivity index (χ3n) is 17.4. The molecule has 1 aliphatic rings. The van der Waals surface area contributed by atoms with Crippen molar-refractivity contribution in [2.75, 3.05) is 18.7 Å². The van der Waals surface area contributed by atoms with Gasteiger partial charge in [-0.05, 0) is 176 Å². The molecule has 0 bridgehead atoms. The van der Waals surface area contributed by atoms with Crippen molar-refractivity contribution in [3.8, 4) is 11.5 Å². The Balaban J connectivity index is 0.000000149. The summed E-state index contributed by atoms with van der Waals surface area (Å²) in [6.45, 7) is 0. The fourth-order valence-electron chi connectivity index (χ4n) is 12.4.